The SMILES string of the molecule is CC(C)(C)OC(=O)N1CCC2(CC1)N=C(SC(=O)Nc1cnc3ccccc3c1)C(c1ccc(Cl)c(Cl)c1)=N2. The summed E-state index contributed by atoms with van der Waals surface area (Å²) < 4.78 is 5.53. The topological polar surface area (TPSA) is 96.2 Å². The molecule has 2 aliphatic rings. The summed E-state index contributed by atoms with van der Waals surface area (Å²) in [4.78, 5) is 41.7. The van der Waals surface area contributed by atoms with Crippen molar-refractivity contribution < 1.29 is 14.3 Å². The molecule has 0 bridgehead atoms. The number of ether oxygens (including phenoxy) is 1. The number of fused-ring (bicyclic) bond motifs is 1. The van der Waals surface area contributed by atoms with E-state index >= 15 is 0 Å². The van der Waals surface area contributed by atoms with Gasteiger partial charge in [-0.15, -0.1) is 0 Å². The molecular formula is C28H27Cl2N5O3S. The summed E-state index contributed by atoms with van der Waals surface area (Å²) in [6, 6.07) is 14.8. The Balaban J connectivity index is 1.37. The third kappa shape index (κ3) is 6.37. The molecule has 2 aliphatic heterocycles. The van der Waals surface area contributed by atoms with E-state index in [1.807, 2.05) is 57.2 Å². The van der Waals surface area contributed by atoms with Crippen molar-refractivity contribution in [3.05, 3.63) is 70.3 Å². The van der Waals surface area contributed by atoms with Crippen molar-refractivity contribution in [2.75, 3.05) is 18.4 Å². The number of hydrogen-bond donors (Lipinski definition) is 1. The second-order valence-electron chi connectivity index (χ2n) is 10.4. The number of hydrogen-bond acceptors (Lipinski definition) is 7. The first-order valence-corrected chi connectivity index (χ1v) is 14.0. The minimum atomic E-state index is -0.785. The fourth-order valence-corrected chi connectivity index (χ4v) is 5.51. The Kier molecular flexibility index (Phi) is 7.59. The normalized spacial score (nSPS) is 16.7. The largest absolute Gasteiger partial charge is 0.444 e. The number of nitrogens with one attached hydrogen (secondary N) is 1. The van der Waals surface area contributed by atoms with Crippen LogP contribution < -0.4 is 5.32 Å². The number of piperidine rings is 1. The number of likely N-dealkylation sites (tertiary alicyclic amines) is 1. The molecule has 3 aromatic rings. The number of halogens is 2. The summed E-state index contributed by atoms with van der Waals surface area (Å²) in [6.45, 7) is 6.39. The van der Waals surface area contributed by atoms with Crippen molar-refractivity contribution in [2.45, 2.75) is 44.9 Å². The zero-order valence-electron chi connectivity index (χ0n) is 21.7. The lowest BCUT2D eigenvalue weighted by molar-refractivity contribution is 0.0175. The van der Waals surface area contributed by atoms with Gasteiger partial charge in [-0.3, -0.25) is 14.8 Å². The highest BCUT2D eigenvalue weighted by molar-refractivity contribution is 8.28. The monoisotopic (exact) mass is 583 g/mol. The average Bonchev–Trinajstić information content (AvgIpc) is 3.22. The third-order valence-electron chi connectivity index (χ3n) is 6.27. The number of carbonyl (C=O) groups excluding carboxylic acids is 2. The lowest BCUT2D eigenvalue weighted by atomic mass is 9.99. The van der Waals surface area contributed by atoms with Crippen LogP contribution in [-0.4, -0.2) is 56.3 Å². The van der Waals surface area contributed by atoms with Crippen LogP contribution >= 0.6 is 35.0 Å². The van der Waals surface area contributed by atoms with Gasteiger partial charge in [-0.25, -0.2) is 9.79 Å². The molecule has 2 amide bonds. The summed E-state index contributed by atoms with van der Waals surface area (Å²) in [5.74, 6) is 0. The number of aliphatic imine (C=N–C) groups is 2. The van der Waals surface area contributed by atoms with Crippen LogP contribution in [0.4, 0.5) is 15.3 Å². The number of carbonyl (C=O) groups is 2. The lowest BCUT2D eigenvalue weighted by Gasteiger charge is -2.36. The van der Waals surface area contributed by atoms with Crippen molar-refractivity contribution in [3.8, 4) is 0 Å². The molecule has 0 aliphatic carbocycles. The Labute approximate surface area is 240 Å². The average molecular weight is 585 g/mol. The van der Waals surface area contributed by atoms with Crippen LogP contribution in [-0.2, 0) is 4.74 Å². The molecule has 11 heteroatoms. The lowest BCUT2D eigenvalue weighted by Crippen LogP contribution is -2.46. The number of pyridine rings is 1. The van der Waals surface area contributed by atoms with E-state index in [0.717, 1.165) is 22.7 Å². The van der Waals surface area contributed by atoms with Gasteiger partial charge in [0, 0.05) is 36.9 Å². The first-order chi connectivity index (χ1) is 18.5. The zero-order valence-corrected chi connectivity index (χ0v) is 24.0. The van der Waals surface area contributed by atoms with Crippen LogP contribution in [0.3, 0.4) is 0 Å². The Morgan fingerprint density at radius 2 is 1.77 bits per heavy atom. The van der Waals surface area contributed by atoms with Gasteiger partial charge in [0.15, 0.2) is 5.66 Å². The summed E-state index contributed by atoms with van der Waals surface area (Å²) >= 11 is 13.4. The molecule has 1 spiro atoms. The van der Waals surface area contributed by atoms with E-state index in [4.69, 9.17) is 37.9 Å². The molecule has 0 atom stereocenters. The van der Waals surface area contributed by atoms with Gasteiger partial charge in [0.25, 0.3) is 5.24 Å². The third-order valence-corrected chi connectivity index (χ3v) is 7.77. The summed E-state index contributed by atoms with van der Waals surface area (Å²) in [5, 5.41) is 4.79. The number of benzene rings is 2. The molecule has 1 aromatic heterocycles. The summed E-state index contributed by atoms with van der Waals surface area (Å²) in [5.41, 5.74) is 1.34. The van der Waals surface area contributed by atoms with Crippen LogP contribution in [0.5, 0.6) is 0 Å². The molecule has 202 valence electrons. The number of anilines is 1. The standard InChI is InChI=1S/C28H27Cl2N5O3S/c1-27(2,3)38-26(37)35-12-10-28(11-13-35)33-23(18-8-9-20(29)21(30)15-18)24(34-28)39-25(36)32-19-14-17-6-4-5-7-22(17)31-16-19/h4-9,14-16H,10-13H2,1-3H3,(H,32,36). The van der Waals surface area contributed by atoms with Gasteiger partial charge in [0.1, 0.15) is 16.4 Å². The Morgan fingerprint density at radius 1 is 1.03 bits per heavy atom. The molecule has 2 aromatic carbocycles. The van der Waals surface area contributed by atoms with Gasteiger partial charge in [-0.1, -0.05) is 47.5 Å². The number of para-hydroxylation sites is 1. The second-order valence-corrected chi connectivity index (χ2v) is 12.2. The zero-order chi connectivity index (χ0) is 27.8. The van der Waals surface area contributed by atoms with Crippen LogP contribution in [0.1, 0.15) is 39.2 Å². The van der Waals surface area contributed by atoms with Crippen molar-refractivity contribution >= 4 is 73.6 Å². The minimum absolute atomic E-state index is 0.318. The van der Waals surface area contributed by atoms with E-state index < -0.39 is 11.3 Å². The number of amides is 2. The molecule has 1 N–H and O–H groups in total. The smallest absolute Gasteiger partial charge is 0.410 e. The summed E-state index contributed by atoms with van der Waals surface area (Å²) in [7, 11) is 0. The molecule has 5 rings (SSSR count). The Morgan fingerprint density at radius 3 is 2.49 bits per heavy atom. The van der Waals surface area contributed by atoms with E-state index in [1.54, 1.807) is 23.2 Å². The maximum Gasteiger partial charge on any atom is 0.410 e. The molecule has 3 heterocycles. The van der Waals surface area contributed by atoms with Gasteiger partial charge in [0.05, 0.1) is 27.4 Å². The fraction of sp³-hybridized carbons (Fsp3) is 0.321. The first kappa shape index (κ1) is 27.4. The van der Waals surface area contributed by atoms with Gasteiger partial charge < -0.3 is 15.0 Å². The molecular weight excluding hydrogens is 557 g/mol. The highest BCUT2D eigenvalue weighted by atomic mass is 35.5. The fourth-order valence-electron chi connectivity index (χ4n) is 4.39. The highest BCUT2D eigenvalue weighted by Gasteiger charge is 2.42. The van der Waals surface area contributed by atoms with Gasteiger partial charge in [0.2, 0.25) is 0 Å². The highest BCUT2D eigenvalue weighted by Crippen LogP contribution is 2.37. The van der Waals surface area contributed by atoms with Gasteiger partial charge in [-0.2, -0.15) is 0 Å². The van der Waals surface area contributed by atoms with Crippen molar-refractivity contribution in [3.63, 3.8) is 0 Å². The predicted molar refractivity (Wildman–Crippen MR) is 159 cm³/mol. The molecule has 0 unspecified atom stereocenters. The van der Waals surface area contributed by atoms with E-state index in [2.05, 4.69) is 10.3 Å². The molecule has 0 saturated carbocycles. The maximum absolute atomic E-state index is 13.1. The van der Waals surface area contributed by atoms with Crippen LogP contribution in [0.15, 0.2) is 64.7 Å². The van der Waals surface area contributed by atoms with Crippen molar-refractivity contribution in [2.24, 2.45) is 9.98 Å². The number of aromatic nitrogens is 1. The second kappa shape index (κ2) is 10.8. The van der Waals surface area contributed by atoms with E-state index in [0.29, 0.717) is 58.0 Å². The van der Waals surface area contributed by atoms with E-state index in [1.165, 1.54) is 0 Å². The van der Waals surface area contributed by atoms with Crippen molar-refractivity contribution in [1.29, 1.82) is 0 Å². The number of rotatable bonds is 2. The predicted octanol–water partition coefficient (Wildman–Crippen LogP) is 7.44. The number of thioether (sulfide) groups is 1. The Bertz CT molecular complexity index is 1510. The van der Waals surface area contributed by atoms with E-state index in [9.17, 15) is 9.59 Å². The molecule has 8 nitrogen and oxygen atoms in total. The van der Waals surface area contributed by atoms with Crippen LogP contribution in [0.2, 0.25) is 10.0 Å². The quantitative estimate of drug-likeness (QED) is 0.338. The minimum Gasteiger partial charge on any atom is -0.444 e. The maximum atomic E-state index is 13.1. The summed E-state index contributed by atoms with van der Waals surface area (Å²) in [6.07, 6.45) is 2.26. The molecule has 1 fully saturated rings. The van der Waals surface area contributed by atoms with Gasteiger partial charge in [-0.05, 0) is 56.8 Å². The van der Waals surface area contributed by atoms with Gasteiger partial charge >= 0.3 is 6.09 Å². The van der Waals surface area contributed by atoms with Crippen molar-refractivity contribution in [1.82, 2.24) is 9.88 Å². The Hall–Kier alpha value is -3.14. The van der Waals surface area contributed by atoms with E-state index in [-0.39, 0.29) is 11.3 Å². The van der Waals surface area contributed by atoms with Crippen LogP contribution in [0, 0.1) is 0 Å². The molecule has 0 radical (unpaired) electrons. The number of nitrogens with zero attached hydrogens (tertiary/aromatic N) is 4. The molecule has 39 heavy (non-hydrogen) atoms. The van der Waals surface area contributed by atoms with Crippen LogP contribution in [0.25, 0.3) is 10.9 Å². The molecule has 1 saturated heterocycles. The first-order valence-electron chi connectivity index (χ1n) is 12.5.